The van der Waals surface area contributed by atoms with Crippen molar-refractivity contribution < 1.29 is 22.7 Å². The van der Waals surface area contributed by atoms with Crippen molar-refractivity contribution in [1.29, 1.82) is 0 Å². The van der Waals surface area contributed by atoms with Gasteiger partial charge in [-0.25, -0.2) is 8.42 Å². The van der Waals surface area contributed by atoms with Crippen LogP contribution in [-0.2, 0) is 14.8 Å². The van der Waals surface area contributed by atoms with Crippen LogP contribution in [0.2, 0.25) is 0 Å². The third-order valence-electron chi connectivity index (χ3n) is 5.97. The highest BCUT2D eigenvalue weighted by atomic mass is 32.2. The fraction of sp³-hybridized carbons (Fsp3) is 0.435. The molecule has 8 nitrogen and oxygen atoms in total. The topological polar surface area (TPSA) is 79.4 Å². The maximum Gasteiger partial charge on any atom is 0.243 e. The first kappa shape index (κ1) is 23.9. The molecule has 9 heteroatoms. The van der Waals surface area contributed by atoms with Crippen LogP contribution in [0.3, 0.4) is 0 Å². The number of hydrogen-bond donors (Lipinski definition) is 0. The number of methoxy groups -OCH3 is 2. The Morgan fingerprint density at radius 1 is 1.00 bits per heavy atom. The Bertz CT molecular complexity index is 1080. The highest BCUT2D eigenvalue weighted by Crippen LogP contribution is 2.30. The van der Waals surface area contributed by atoms with Crippen LogP contribution >= 0.6 is 0 Å². The molecule has 0 bridgehead atoms. The molecule has 0 saturated carbocycles. The molecule has 0 N–H and O–H groups in total. The zero-order valence-electron chi connectivity index (χ0n) is 19.3. The van der Waals surface area contributed by atoms with Gasteiger partial charge in [-0.15, -0.1) is 0 Å². The number of likely N-dealkylation sites (N-methyl/N-ethyl adjacent to an activating group) is 1. The Hall–Kier alpha value is -2.78. The summed E-state index contributed by atoms with van der Waals surface area (Å²) < 4.78 is 37.4. The standard InChI is InChI=1S/C23H31N3O5S/c1-17-7-6-8-20(18(17)2)25-11-13-26(14-12-25)23(27)16-24(3)32(28,29)19-9-10-21(30-4)22(15-19)31-5/h6-10,15H,11-14,16H2,1-5H3. The normalized spacial score (nSPS) is 14.6. The first-order chi connectivity index (χ1) is 15.2. The smallest absolute Gasteiger partial charge is 0.243 e. The van der Waals surface area contributed by atoms with Gasteiger partial charge >= 0.3 is 0 Å². The number of hydrogen-bond acceptors (Lipinski definition) is 6. The van der Waals surface area contributed by atoms with Gasteiger partial charge in [0.25, 0.3) is 0 Å². The van der Waals surface area contributed by atoms with Gasteiger partial charge in [0.15, 0.2) is 11.5 Å². The third-order valence-corrected chi connectivity index (χ3v) is 7.77. The molecule has 0 unspecified atom stereocenters. The second-order valence-corrected chi connectivity index (χ2v) is 9.91. The van der Waals surface area contributed by atoms with Gasteiger partial charge in [0.05, 0.1) is 25.7 Å². The Balaban J connectivity index is 1.64. The van der Waals surface area contributed by atoms with Crippen LogP contribution in [0.25, 0.3) is 0 Å². The summed E-state index contributed by atoms with van der Waals surface area (Å²) in [4.78, 5) is 16.9. The van der Waals surface area contributed by atoms with Crippen molar-refractivity contribution >= 4 is 21.6 Å². The fourth-order valence-corrected chi connectivity index (χ4v) is 4.94. The lowest BCUT2D eigenvalue weighted by molar-refractivity contribution is -0.131. The fourth-order valence-electron chi connectivity index (χ4n) is 3.81. The second-order valence-electron chi connectivity index (χ2n) is 7.86. The third kappa shape index (κ3) is 4.83. The van der Waals surface area contributed by atoms with Gasteiger partial charge in [0.2, 0.25) is 15.9 Å². The van der Waals surface area contributed by atoms with E-state index in [4.69, 9.17) is 9.47 Å². The number of nitrogens with zero attached hydrogens (tertiary/aromatic N) is 3. The molecule has 0 radical (unpaired) electrons. The average molecular weight is 462 g/mol. The van der Waals surface area contributed by atoms with Crippen LogP contribution < -0.4 is 14.4 Å². The number of anilines is 1. The average Bonchev–Trinajstić information content (AvgIpc) is 2.80. The maximum atomic E-state index is 13.0. The first-order valence-electron chi connectivity index (χ1n) is 10.5. The van der Waals surface area contributed by atoms with Crippen LogP contribution in [0.1, 0.15) is 11.1 Å². The molecule has 3 rings (SSSR count). The van der Waals surface area contributed by atoms with E-state index in [0.717, 1.165) is 4.31 Å². The number of sulfonamides is 1. The minimum Gasteiger partial charge on any atom is -0.493 e. The molecule has 0 aliphatic carbocycles. The molecule has 174 valence electrons. The molecule has 1 aliphatic heterocycles. The summed E-state index contributed by atoms with van der Waals surface area (Å²) in [5, 5.41) is 0. The van der Waals surface area contributed by atoms with Crippen molar-refractivity contribution in [2.45, 2.75) is 18.7 Å². The SMILES string of the molecule is COc1ccc(S(=O)(=O)N(C)CC(=O)N2CCN(c3cccc(C)c3C)CC2)cc1OC. The Labute approximate surface area is 190 Å². The van der Waals surface area contributed by atoms with Gasteiger partial charge in [0, 0.05) is 45.0 Å². The van der Waals surface area contributed by atoms with Crippen molar-refractivity contribution in [2.24, 2.45) is 0 Å². The number of benzene rings is 2. The van der Waals surface area contributed by atoms with Gasteiger partial charge in [0.1, 0.15) is 0 Å². The van der Waals surface area contributed by atoms with Crippen molar-refractivity contribution in [3.05, 3.63) is 47.5 Å². The summed E-state index contributed by atoms with van der Waals surface area (Å²) in [5.74, 6) is 0.542. The lowest BCUT2D eigenvalue weighted by Crippen LogP contribution is -2.51. The van der Waals surface area contributed by atoms with E-state index in [0.29, 0.717) is 37.7 Å². The lowest BCUT2D eigenvalue weighted by atomic mass is 10.1. The van der Waals surface area contributed by atoms with E-state index in [1.54, 1.807) is 4.90 Å². The van der Waals surface area contributed by atoms with Crippen LogP contribution in [0.4, 0.5) is 5.69 Å². The zero-order valence-corrected chi connectivity index (χ0v) is 20.1. The van der Waals surface area contributed by atoms with Gasteiger partial charge in [-0.3, -0.25) is 4.79 Å². The summed E-state index contributed by atoms with van der Waals surface area (Å²) in [5.41, 5.74) is 3.67. The highest BCUT2D eigenvalue weighted by molar-refractivity contribution is 7.89. The Morgan fingerprint density at radius 3 is 2.28 bits per heavy atom. The molecule has 1 fully saturated rings. The highest BCUT2D eigenvalue weighted by Gasteiger charge is 2.28. The van der Waals surface area contributed by atoms with E-state index in [1.807, 2.05) is 6.07 Å². The molecule has 2 aromatic carbocycles. The van der Waals surface area contributed by atoms with Crippen molar-refractivity contribution in [3.8, 4) is 11.5 Å². The summed E-state index contributed by atoms with van der Waals surface area (Å²) >= 11 is 0. The molecule has 0 aromatic heterocycles. The van der Waals surface area contributed by atoms with Gasteiger partial charge in [-0.05, 0) is 43.2 Å². The predicted molar refractivity (Wildman–Crippen MR) is 124 cm³/mol. The minimum atomic E-state index is -3.85. The summed E-state index contributed by atoms with van der Waals surface area (Å²) in [6.45, 7) is 6.50. The number of carbonyl (C=O) groups is 1. The predicted octanol–water partition coefficient (Wildman–Crippen LogP) is 2.29. The number of aryl methyl sites for hydroxylation is 1. The largest absolute Gasteiger partial charge is 0.493 e. The summed E-state index contributed by atoms with van der Waals surface area (Å²) in [7, 11) is 0.485. The molecule has 0 spiro atoms. The van der Waals surface area contributed by atoms with Crippen molar-refractivity contribution in [3.63, 3.8) is 0 Å². The van der Waals surface area contributed by atoms with Gasteiger partial charge in [-0.1, -0.05) is 12.1 Å². The molecule has 32 heavy (non-hydrogen) atoms. The number of ether oxygens (including phenoxy) is 2. The second kappa shape index (κ2) is 9.79. The summed E-state index contributed by atoms with van der Waals surface area (Å²) in [6.07, 6.45) is 0. The van der Waals surface area contributed by atoms with Crippen LogP contribution in [-0.4, -0.2) is 77.5 Å². The first-order valence-corrected chi connectivity index (χ1v) is 11.9. The molecule has 0 atom stereocenters. The van der Waals surface area contributed by atoms with E-state index in [1.165, 1.54) is 56.3 Å². The molecule has 1 aliphatic rings. The van der Waals surface area contributed by atoms with E-state index < -0.39 is 10.0 Å². The molecular formula is C23H31N3O5S. The van der Waals surface area contributed by atoms with Crippen LogP contribution in [0.15, 0.2) is 41.3 Å². The van der Waals surface area contributed by atoms with E-state index in [2.05, 4.69) is 30.9 Å². The van der Waals surface area contributed by atoms with Gasteiger partial charge < -0.3 is 19.3 Å². The molecular weight excluding hydrogens is 430 g/mol. The molecule has 1 heterocycles. The Kier molecular flexibility index (Phi) is 7.30. The zero-order chi connectivity index (χ0) is 23.5. The molecule has 1 saturated heterocycles. The monoisotopic (exact) mass is 461 g/mol. The maximum absolute atomic E-state index is 13.0. The van der Waals surface area contributed by atoms with E-state index in [9.17, 15) is 13.2 Å². The van der Waals surface area contributed by atoms with E-state index >= 15 is 0 Å². The van der Waals surface area contributed by atoms with Crippen LogP contribution in [0.5, 0.6) is 11.5 Å². The van der Waals surface area contributed by atoms with Crippen molar-refractivity contribution in [1.82, 2.24) is 9.21 Å². The number of carbonyl (C=O) groups excluding carboxylic acids is 1. The number of rotatable bonds is 7. The van der Waals surface area contributed by atoms with Crippen molar-refractivity contribution in [2.75, 3.05) is 58.9 Å². The van der Waals surface area contributed by atoms with E-state index in [-0.39, 0.29) is 17.3 Å². The summed E-state index contributed by atoms with van der Waals surface area (Å²) in [6, 6.07) is 10.6. The quantitative estimate of drug-likeness (QED) is 0.630. The van der Waals surface area contributed by atoms with Crippen LogP contribution in [0, 0.1) is 13.8 Å². The minimum absolute atomic E-state index is 0.0465. The van der Waals surface area contributed by atoms with Gasteiger partial charge in [-0.2, -0.15) is 4.31 Å². The molecule has 2 aromatic rings. The molecule has 1 amide bonds. The number of amides is 1. The number of piperazine rings is 1. The Morgan fingerprint density at radius 2 is 1.66 bits per heavy atom. The lowest BCUT2D eigenvalue weighted by Gasteiger charge is -2.37.